The molecule has 0 bridgehead atoms. The number of carboxylic acids is 1. The van der Waals surface area contributed by atoms with Gasteiger partial charge in [-0.1, -0.05) is 40.8 Å². The number of benzene rings is 1. The quantitative estimate of drug-likeness (QED) is 0.559. The Hall–Kier alpha value is -2.46. The fourth-order valence-corrected chi connectivity index (χ4v) is 4.41. The molecule has 10 heteroatoms. The lowest BCUT2D eigenvalue weighted by atomic mass is 10.1. The van der Waals surface area contributed by atoms with Gasteiger partial charge in [0.2, 0.25) is 16.9 Å². The number of aliphatic carboxylic acids is 1. The first kappa shape index (κ1) is 19.3. The van der Waals surface area contributed by atoms with Crippen LogP contribution in [-0.4, -0.2) is 44.9 Å². The molecule has 0 unspecified atom stereocenters. The number of carboxylic acid groups (broad SMARTS) is 1. The second kappa shape index (κ2) is 8.05. The summed E-state index contributed by atoms with van der Waals surface area (Å²) in [7, 11) is 0. The van der Waals surface area contributed by atoms with Crippen molar-refractivity contribution < 1.29 is 19.5 Å². The fourth-order valence-electron chi connectivity index (χ4n) is 2.57. The van der Waals surface area contributed by atoms with Crippen molar-refractivity contribution in [3.8, 4) is 0 Å². The van der Waals surface area contributed by atoms with Gasteiger partial charge in [-0.2, -0.15) is 0 Å². The van der Waals surface area contributed by atoms with Gasteiger partial charge in [-0.3, -0.25) is 14.4 Å². The van der Waals surface area contributed by atoms with Gasteiger partial charge >= 0.3 is 5.97 Å². The topological polar surface area (TPSA) is 112 Å². The minimum absolute atomic E-state index is 0.0946. The van der Waals surface area contributed by atoms with Crippen molar-refractivity contribution in [1.82, 2.24) is 10.2 Å². The number of rotatable bonds is 6. The van der Waals surface area contributed by atoms with Gasteiger partial charge in [0.05, 0.1) is 5.92 Å². The molecule has 142 valence electrons. The van der Waals surface area contributed by atoms with E-state index in [-0.39, 0.29) is 18.2 Å². The first-order valence-electron chi connectivity index (χ1n) is 8.24. The zero-order valence-electron chi connectivity index (χ0n) is 14.7. The van der Waals surface area contributed by atoms with Crippen LogP contribution >= 0.6 is 23.1 Å². The van der Waals surface area contributed by atoms with Crippen molar-refractivity contribution in [3.63, 3.8) is 0 Å². The zero-order chi connectivity index (χ0) is 19.6. The maximum atomic E-state index is 12.5. The highest BCUT2D eigenvalue weighted by Gasteiger charge is 2.35. The molecule has 1 aromatic carbocycles. The average Bonchev–Trinajstić information content (AvgIpc) is 3.22. The van der Waals surface area contributed by atoms with E-state index in [4.69, 9.17) is 5.11 Å². The molecule has 3 rings (SSSR count). The van der Waals surface area contributed by atoms with Crippen LogP contribution in [0.1, 0.15) is 18.9 Å². The molecule has 2 heterocycles. The van der Waals surface area contributed by atoms with Crippen molar-refractivity contribution in [1.29, 1.82) is 0 Å². The third-order valence-corrected chi connectivity index (χ3v) is 6.11. The number of nitrogens with one attached hydrogen (secondary N) is 1. The third kappa shape index (κ3) is 4.64. The maximum absolute atomic E-state index is 12.5. The van der Waals surface area contributed by atoms with Crippen molar-refractivity contribution >= 4 is 51.7 Å². The lowest BCUT2D eigenvalue weighted by Crippen LogP contribution is -2.28. The monoisotopic (exact) mass is 406 g/mol. The van der Waals surface area contributed by atoms with E-state index in [1.54, 1.807) is 11.8 Å². The van der Waals surface area contributed by atoms with Crippen LogP contribution in [0.5, 0.6) is 0 Å². The van der Waals surface area contributed by atoms with E-state index < -0.39 is 17.1 Å². The van der Waals surface area contributed by atoms with Crippen molar-refractivity contribution in [2.45, 2.75) is 29.9 Å². The molecule has 1 aromatic heterocycles. The highest BCUT2D eigenvalue weighted by Crippen LogP contribution is 2.30. The smallest absolute Gasteiger partial charge is 0.316 e. The number of nitrogens with zero attached hydrogens (tertiary/aromatic N) is 3. The first-order chi connectivity index (χ1) is 12.8. The number of carbonyl (C=O) groups excluding carboxylic acids is 2. The number of aryl methyl sites for hydroxylation is 1. The van der Waals surface area contributed by atoms with Gasteiger partial charge in [-0.15, -0.1) is 10.2 Å². The van der Waals surface area contributed by atoms with Crippen molar-refractivity contribution in [2.75, 3.05) is 16.8 Å². The molecule has 0 spiro atoms. The van der Waals surface area contributed by atoms with Gasteiger partial charge in [0, 0.05) is 18.7 Å². The Labute approximate surface area is 164 Å². The normalized spacial score (nSPS) is 17.8. The van der Waals surface area contributed by atoms with Gasteiger partial charge in [0.15, 0.2) is 4.34 Å². The second-order valence-corrected chi connectivity index (χ2v) is 8.77. The number of thioether (sulfide) groups is 1. The second-order valence-electron chi connectivity index (χ2n) is 6.20. The Bertz CT molecular complexity index is 868. The Morgan fingerprint density at radius 2 is 2.04 bits per heavy atom. The number of amides is 2. The van der Waals surface area contributed by atoms with Crippen LogP contribution < -0.4 is 10.2 Å². The molecule has 2 atom stereocenters. The summed E-state index contributed by atoms with van der Waals surface area (Å²) < 4.78 is 0.462. The van der Waals surface area contributed by atoms with E-state index in [2.05, 4.69) is 15.5 Å². The summed E-state index contributed by atoms with van der Waals surface area (Å²) in [5, 5.41) is 19.0. The molecule has 1 aliphatic rings. The van der Waals surface area contributed by atoms with Gasteiger partial charge < -0.3 is 15.3 Å². The highest BCUT2D eigenvalue weighted by atomic mass is 32.2. The number of aromatic nitrogens is 2. The molecule has 0 radical (unpaired) electrons. The Kier molecular flexibility index (Phi) is 5.76. The predicted molar refractivity (Wildman–Crippen MR) is 103 cm³/mol. The lowest BCUT2D eigenvalue weighted by Gasteiger charge is -2.16. The van der Waals surface area contributed by atoms with Gasteiger partial charge in [-0.25, -0.2) is 0 Å². The van der Waals surface area contributed by atoms with Gasteiger partial charge in [0.1, 0.15) is 5.25 Å². The standard InChI is InChI=1S/C17H18N4O4S2/c1-9-3-5-12(6-4-9)21-8-11(7-13(21)22)14(23)18-16-19-20-17(27-16)26-10(2)15(24)25/h3-6,10-11H,7-8H2,1-2H3,(H,24,25)(H,18,19,23)/t10-,11+/m0/s1. The van der Waals surface area contributed by atoms with E-state index in [0.717, 1.165) is 34.3 Å². The summed E-state index contributed by atoms with van der Waals surface area (Å²) >= 11 is 2.17. The van der Waals surface area contributed by atoms with E-state index in [1.807, 2.05) is 31.2 Å². The fraction of sp³-hybridized carbons (Fsp3) is 0.353. The van der Waals surface area contributed by atoms with Crippen LogP contribution in [0, 0.1) is 12.8 Å². The highest BCUT2D eigenvalue weighted by molar-refractivity contribution is 8.02. The van der Waals surface area contributed by atoms with Gasteiger partial charge in [-0.05, 0) is 26.0 Å². The van der Waals surface area contributed by atoms with Crippen LogP contribution in [0.25, 0.3) is 0 Å². The molecular weight excluding hydrogens is 388 g/mol. The number of carbonyl (C=O) groups is 3. The summed E-state index contributed by atoms with van der Waals surface area (Å²) in [4.78, 5) is 37.3. The number of hydrogen-bond donors (Lipinski definition) is 2. The largest absolute Gasteiger partial charge is 0.480 e. The molecule has 1 aliphatic heterocycles. The van der Waals surface area contributed by atoms with Crippen molar-refractivity contribution in [2.24, 2.45) is 5.92 Å². The molecule has 0 aliphatic carbocycles. The van der Waals surface area contributed by atoms with E-state index in [9.17, 15) is 14.4 Å². The van der Waals surface area contributed by atoms with E-state index >= 15 is 0 Å². The molecule has 1 fully saturated rings. The Morgan fingerprint density at radius 3 is 2.70 bits per heavy atom. The summed E-state index contributed by atoms with van der Waals surface area (Å²) in [6.45, 7) is 3.83. The molecule has 27 heavy (non-hydrogen) atoms. The number of hydrogen-bond acceptors (Lipinski definition) is 7. The van der Waals surface area contributed by atoms with Crippen LogP contribution in [0.2, 0.25) is 0 Å². The molecular formula is C17H18N4O4S2. The number of anilines is 2. The molecule has 2 N–H and O–H groups in total. The predicted octanol–water partition coefficient (Wildman–Crippen LogP) is 2.40. The van der Waals surface area contributed by atoms with Gasteiger partial charge in [0.25, 0.3) is 0 Å². The SMILES string of the molecule is Cc1ccc(N2C[C@H](C(=O)Nc3nnc(S[C@@H](C)C(=O)O)s3)CC2=O)cc1. The minimum atomic E-state index is -0.943. The molecule has 1 saturated heterocycles. The minimum Gasteiger partial charge on any atom is -0.480 e. The van der Waals surface area contributed by atoms with Crippen LogP contribution in [-0.2, 0) is 14.4 Å². The summed E-state index contributed by atoms with van der Waals surface area (Å²) in [5.41, 5.74) is 1.88. The Balaban J connectivity index is 1.60. The summed E-state index contributed by atoms with van der Waals surface area (Å²) in [5.74, 6) is -1.81. The zero-order valence-corrected chi connectivity index (χ0v) is 16.3. The molecule has 0 saturated carbocycles. The van der Waals surface area contributed by atoms with Crippen LogP contribution in [0.4, 0.5) is 10.8 Å². The first-order valence-corrected chi connectivity index (χ1v) is 9.94. The third-order valence-electron chi connectivity index (χ3n) is 4.10. The lowest BCUT2D eigenvalue weighted by molar-refractivity contribution is -0.136. The summed E-state index contributed by atoms with van der Waals surface area (Å²) in [6, 6.07) is 7.58. The average molecular weight is 406 g/mol. The summed E-state index contributed by atoms with van der Waals surface area (Å²) in [6.07, 6.45) is 0.135. The molecule has 2 aromatic rings. The Morgan fingerprint density at radius 1 is 1.33 bits per heavy atom. The van der Waals surface area contributed by atoms with E-state index in [1.165, 1.54) is 0 Å². The van der Waals surface area contributed by atoms with Crippen LogP contribution in [0.3, 0.4) is 0 Å². The van der Waals surface area contributed by atoms with Crippen LogP contribution in [0.15, 0.2) is 28.6 Å². The molecule has 8 nitrogen and oxygen atoms in total. The van der Waals surface area contributed by atoms with E-state index in [0.29, 0.717) is 16.0 Å². The van der Waals surface area contributed by atoms with Crippen molar-refractivity contribution in [3.05, 3.63) is 29.8 Å². The molecule has 2 amide bonds. The maximum Gasteiger partial charge on any atom is 0.316 e.